The van der Waals surface area contributed by atoms with Gasteiger partial charge in [-0.25, -0.2) is 0 Å². The molecular formula is C12H17N5O. The SMILES string of the molecule is CCCNc1nc(OCC2CC2)c2cn[nH]c2n1. The number of nitrogens with zero attached hydrogens (tertiary/aromatic N) is 3. The fourth-order valence-electron chi connectivity index (χ4n) is 1.72. The van der Waals surface area contributed by atoms with Crippen LogP contribution in [0.15, 0.2) is 6.20 Å². The first kappa shape index (κ1) is 11.3. The van der Waals surface area contributed by atoms with Crippen LogP contribution in [0.4, 0.5) is 5.95 Å². The van der Waals surface area contributed by atoms with Gasteiger partial charge in [-0.15, -0.1) is 0 Å². The molecule has 2 aromatic rings. The zero-order valence-electron chi connectivity index (χ0n) is 10.4. The predicted molar refractivity (Wildman–Crippen MR) is 68.7 cm³/mol. The minimum atomic E-state index is 0.597. The molecule has 96 valence electrons. The van der Waals surface area contributed by atoms with Crippen molar-refractivity contribution in [2.75, 3.05) is 18.5 Å². The van der Waals surface area contributed by atoms with Gasteiger partial charge in [-0.1, -0.05) is 6.92 Å². The molecule has 2 N–H and O–H groups in total. The minimum Gasteiger partial charge on any atom is -0.477 e. The van der Waals surface area contributed by atoms with E-state index in [4.69, 9.17) is 4.74 Å². The molecule has 18 heavy (non-hydrogen) atoms. The zero-order chi connectivity index (χ0) is 12.4. The molecule has 1 aliphatic rings. The molecule has 0 aromatic carbocycles. The number of aromatic nitrogens is 4. The van der Waals surface area contributed by atoms with E-state index in [1.807, 2.05) is 0 Å². The summed E-state index contributed by atoms with van der Waals surface area (Å²) in [5.74, 6) is 1.92. The van der Waals surface area contributed by atoms with Crippen molar-refractivity contribution < 1.29 is 4.74 Å². The molecule has 0 radical (unpaired) electrons. The standard InChI is InChI=1S/C12H17N5O/c1-2-5-13-12-15-10-9(6-14-17-10)11(16-12)18-7-8-3-4-8/h6,8H,2-5,7H2,1H3,(H2,13,14,15,16,17). The van der Waals surface area contributed by atoms with E-state index in [-0.39, 0.29) is 0 Å². The van der Waals surface area contributed by atoms with Gasteiger partial charge in [-0.3, -0.25) is 5.10 Å². The van der Waals surface area contributed by atoms with Gasteiger partial charge in [0.05, 0.1) is 12.8 Å². The van der Waals surface area contributed by atoms with Crippen LogP contribution in [-0.2, 0) is 0 Å². The van der Waals surface area contributed by atoms with Gasteiger partial charge in [0.1, 0.15) is 5.39 Å². The van der Waals surface area contributed by atoms with Gasteiger partial charge in [0.2, 0.25) is 11.8 Å². The highest BCUT2D eigenvalue weighted by Crippen LogP contribution is 2.30. The van der Waals surface area contributed by atoms with Gasteiger partial charge >= 0.3 is 0 Å². The molecule has 0 amide bonds. The lowest BCUT2D eigenvalue weighted by Gasteiger charge is -2.08. The van der Waals surface area contributed by atoms with Gasteiger partial charge in [-0.05, 0) is 25.2 Å². The van der Waals surface area contributed by atoms with Gasteiger partial charge in [0, 0.05) is 6.54 Å². The third-order valence-corrected chi connectivity index (χ3v) is 2.96. The number of ether oxygens (including phenoxy) is 1. The monoisotopic (exact) mass is 247 g/mol. The van der Waals surface area contributed by atoms with Crippen molar-refractivity contribution >= 4 is 17.0 Å². The highest BCUT2D eigenvalue weighted by atomic mass is 16.5. The Morgan fingerprint density at radius 3 is 3.11 bits per heavy atom. The lowest BCUT2D eigenvalue weighted by atomic mass is 10.4. The lowest BCUT2D eigenvalue weighted by molar-refractivity contribution is 0.292. The second-order valence-electron chi connectivity index (χ2n) is 4.67. The van der Waals surface area contributed by atoms with Crippen LogP contribution in [0.1, 0.15) is 26.2 Å². The Morgan fingerprint density at radius 2 is 2.33 bits per heavy atom. The third-order valence-electron chi connectivity index (χ3n) is 2.96. The molecule has 6 nitrogen and oxygen atoms in total. The summed E-state index contributed by atoms with van der Waals surface area (Å²) in [5.41, 5.74) is 0.717. The van der Waals surface area contributed by atoms with Crippen molar-refractivity contribution in [3.8, 4) is 5.88 Å². The van der Waals surface area contributed by atoms with E-state index in [1.54, 1.807) is 6.20 Å². The quantitative estimate of drug-likeness (QED) is 0.816. The van der Waals surface area contributed by atoms with Gasteiger partial charge in [0.25, 0.3) is 0 Å². The first-order chi connectivity index (χ1) is 8.86. The second kappa shape index (κ2) is 4.80. The number of H-pyrrole nitrogens is 1. The van der Waals surface area contributed by atoms with Crippen LogP contribution in [0.2, 0.25) is 0 Å². The Balaban J connectivity index is 1.84. The summed E-state index contributed by atoms with van der Waals surface area (Å²) in [7, 11) is 0. The van der Waals surface area contributed by atoms with E-state index >= 15 is 0 Å². The van der Waals surface area contributed by atoms with Crippen LogP contribution in [0, 0.1) is 5.92 Å². The first-order valence-electron chi connectivity index (χ1n) is 6.44. The smallest absolute Gasteiger partial charge is 0.229 e. The third kappa shape index (κ3) is 2.37. The molecule has 0 saturated heterocycles. The van der Waals surface area contributed by atoms with Crippen LogP contribution in [0.5, 0.6) is 5.88 Å². The summed E-state index contributed by atoms with van der Waals surface area (Å²) >= 11 is 0. The Bertz CT molecular complexity index is 534. The maximum atomic E-state index is 5.77. The fraction of sp³-hybridized carbons (Fsp3) is 0.583. The van der Waals surface area contributed by atoms with Gasteiger partial charge < -0.3 is 10.1 Å². The number of anilines is 1. The summed E-state index contributed by atoms with van der Waals surface area (Å²) in [4.78, 5) is 8.76. The Morgan fingerprint density at radius 1 is 1.44 bits per heavy atom. The Hall–Kier alpha value is -1.85. The van der Waals surface area contributed by atoms with Gasteiger partial charge in [-0.2, -0.15) is 15.1 Å². The van der Waals surface area contributed by atoms with E-state index in [1.165, 1.54) is 12.8 Å². The molecular weight excluding hydrogens is 230 g/mol. The number of hydrogen-bond donors (Lipinski definition) is 2. The number of hydrogen-bond acceptors (Lipinski definition) is 5. The van der Waals surface area contributed by atoms with E-state index in [9.17, 15) is 0 Å². The molecule has 1 fully saturated rings. The largest absolute Gasteiger partial charge is 0.477 e. The summed E-state index contributed by atoms with van der Waals surface area (Å²) in [6.07, 6.45) is 5.27. The summed E-state index contributed by atoms with van der Waals surface area (Å²) < 4.78 is 5.77. The first-order valence-corrected chi connectivity index (χ1v) is 6.44. The average molecular weight is 247 g/mol. The van der Waals surface area contributed by atoms with Crippen LogP contribution < -0.4 is 10.1 Å². The molecule has 1 saturated carbocycles. The summed E-state index contributed by atoms with van der Waals surface area (Å²) in [6.45, 7) is 3.69. The topological polar surface area (TPSA) is 75.7 Å². The van der Waals surface area contributed by atoms with E-state index in [0.717, 1.165) is 30.6 Å². The van der Waals surface area contributed by atoms with Crippen molar-refractivity contribution in [3.05, 3.63) is 6.20 Å². The van der Waals surface area contributed by atoms with Gasteiger partial charge in [0.15, 0.2) is 5.65 Å². The summed E-state index contributed by atoms with van der Waals surface area (Å²) in [6, 6.07) is 0. The molecule has 6 heteroatoms. The summed E-state index contributed by atoms with van der Waals surface area (Å²) in [5, 5.41) is 10.9. The molecule has 1 aliphatic carbocycles. The Labute approximate surface area is 105 Å². The average Bonchev–Trinajstić information content (AvgIpc) is 3.09. The van der Waals surface area contributed by atoms with Crippen molar-refractivity contribution in [2.45, 2.75) is 26.2 Å². The highest BCUT2D eigenvalue weighted by molar-refractivity contribution is 5.80. The number of fused-ring (bicyclic) bond motifs is 1. The molecule has 2 heterocycles. The van der Waals surface area contributed by atoms with Crippen LogP contribution in [0.25, 0.3) is 11.0 Å². The predicted octanol–water partition coefficient (Wildman–Crippen LogP) is 1.96. The van der Waals surface area contributed by atoms with Crippen molar-refractivity contribution in [3.63, 3.8) is 0 Å². The van der Waals surface area contributed by atoms with Crippen LogP contribution in [-0.4, -0.2) is 33.3 Å². The molecule has 3 rings (SSSR count). The normalized spacial score (nSPS) is 14.9. The number of nitrogens with one attached hydrogen (secondary N) is 2. The maximum absolute atomic E-state index is 5.77. The van der Waals surface area contributed by atoms with Crippen molar-refractivity contribution in [1.29, 1.82) is 0 Å². The minimum absolute atomic E-state index is 0.597. The molecule has 0 unspecified atom stereocenters. The maximum Gasteiger partial charge on any atom is 0.229 e. The van der Waals surface area contributed by atoms with E-state index in [2.05, 4.69) is 32.4 Å². The zero-order valence-corrected chi connectivity index (χ0v) is 10.4. The molecule has 0 aliphatic heterocycles. The van der Waals surface area contributed by atoms with Crippen LogP contribution >= 0.6 is 0 Å². The number of aromatic amines is 1. The second-order valence-corrected chi connectivity index (χ2v) is 4.67. The molecule has 0 spiro atoms. The molecule has 0 atom stereocenters. The number of rotatable bonds is 6. The van der Waals surface area contributed by atoms with E-state index in [0.29, 0.717) is 17.7 Å². The van der Waals surface area contributed by atoms with Crippen LogP contribution in [0.3, 0.4) is 0 Å². The lowest BCUT2D eigenvalue weighted by Crippen LogP contribution is -2.07. The van der Waals surface area contributed by atoms with E-state index < -0.39 is 0 Å². The molecule has 2 aromatic heterocycles. The Kier molecular flexibility index (Phi) is 3.00. The highest BCUT2D eigenvalue weighted by Gasteiger charge is 2.23. The fourth-order valence-corrected chi connectivity index (χ4v) is 1.72. The van der Waals surface area contributed by atoms with Crippen molar-refractivity contribution in [1.82, 2.24) is 20.2 Å². The molecule has 0 bridgehead atoms. The van der Waals surface area contributed by atoms with Crippen molar-refractivity contribution in [2.24, 2.45) is 5.92 Å².